The topological polar surface area (TPSA) is 9.23 Å². The van der Waals surface area contributed by atoms with Crippen LogP contribution in [0.5, 0.6) is 5.75 Å². The Balaban J connectivity index is 0.000000151. The van der Waals surface area contributed by atoms with E-state index in [1.54, 1.807) is 7.11 Å². The Labute approximate surface area is 153 Å². The minimum absolute atomic E-state index is 0.887. The first-order valence-corrected chi connectivity index (χ1v) is 9.52. The molecule has 0 aromatic heterocycles. The van der Waals surface area contributed by atoms with Crippen molar-refractivity contribution < 1.29 is 4.74 Å². The molecular weight excluding hydrogens is 388 g/mol. The van der Waals surface area contributed by atoms with Gasteiger partial charge in [-0.05, 0) is 48.5 Å². The fourth-order valence-corrected chi connectivity index (χ4v) is 4.54. The smallest absolute Gasteiger partial charge is 0.118 e. The first-order chi connectivity index (χ1) is 11.3. The number of fused-ring (bicyclic) bond motifs is 2. The zero-order valence-electron chi connectivity index (χ0n) is 12.5. The van der Waals surface area contributed by atoms with Crippen molar-refractivity contribution in [2.24, 2.45) is 0 Å². The van der Waals surface area contributed by atoms with Crippen LogP contribution in [0.25, 0.3) is 0 Å². The zero-order chi connectivity index (χ0) is 16.1. The summed E-state index contributed by atoms with van der Waals surface area (Å²) >= 11 is 7.04. The van der Waals surface area contributed by atoms with Crippen LogP contribution in [0.15, 0.2) is 96.9 Å². The Morgan fingerprint density at radius 1 is 0.652 bits per heavy atom. The molecule has 0 atom stereocenters. The number of ether oxygens (including phenoxy) is 1. The maximum Gasteiger partial charge on any atom is 0.118 e. The van der Waals surface area contributed by atoms with Crippen LogP contribution in [0, 0.1) is 0 Å². The molecule has 3 aromatic carbocycles. The largest absolute Gasteiger partial charge is 0.497 e. The minimum atomic E-state index is 0.887. The molecule has 1 aliphatic rings. The van der Waals surface area contributed by atoms with Gasteiger partial charge in [0, 0.05) is 24.1 Å². The molecule has 0 aliphatic carbocycles. The summed E-state index contributed by atoms with van der Waals surface area (Å²) < 4.78 is 6.02. The van der Waals surface area contributed by atoms with Gasteiger partial charge in [-0.2, -0.15) is 0 Å². The molecule has 1 heterocycles. The normalized spacial score (nSPS) is 11.6. The van der Waals surface area contributed by atoms with Crippen molar-refractivity contribution in [3.63, 3.8) is 0 Å². The molecule has 0 radical (unpaired) electrons. The van der Waals surface area contributed by atoms with Crippen LogP contribution >= 0.6 is 39.5 Å². The summed E-state index contributed by atoms with van der Waals surface area (Å²) in [7, 11) is 1.66. The van der Waals surface area contributed by atoms with E-state index in [1.807, 2.05) is 47.8 Å². The zero-order valence-corrected chi connectivity index (χ0v) is 15.7. The molecule has 0 saturated carbocycles. The molecule has 0 N–H and O–H groups in total. The molecule has 116 valence electrons. The molecule has 0 spiro atoms. The van der Waals surface area contributed by atoms with Crippen LogP contribution < -0.4 is 4.74 Å². The summed E-state index contributed by atoms with van der Waals surface area (Å²) in [5, 5.41) is 0. The van der Waals surface area contributed by atoms with E-state index in [2.05, 4.69) is 64.5 Å². The Hall–Kier alpha value is -1.36. The van der Waals surface area contributed by atoms with Crippen molar-refractivity contribution in [2.75, 3.05) is 7.11 Å². The second-order valence-corrected chi connectivity index (χ2v) is 7.84. The lowest BCUT2D eigenvalue weighted by molar-refractivity contribution is 0.414. The number of hydrogen-bond acceptors (Lipinski definition) is 3. The van der Waals surface area contributed by atoms with Gasteiger partial charge < -0.3 is 4.74 Å². The Morgan fingerprint density at radius 2 is 1.04 bits per heavy atom. The maximum absolute atomic E-state index is 4.95. The molecule has 23 heavy (non-hydrogen) atoms. The van der Waals surface area contributed by atoms with Crippen molar-refractivity contribution in [1.29, 1.82) is 0 Å². The minimum Gasteiger partial charge on any atom is -0.497 e. The highest BCUT2D eigenvalue weighted by atomic mass is 79.9. The number of rotatable bonds is 1. The first-order valence-electron chi connectivity index (χ1n) is 7.09. The van der Waals surface area contributed by atoms with Gasteiger partial charge in [-0.25, -0.2) is 0 Å². The van der Waals surface area contributed by atoms with Gasteiger partial charge in [-0.3, -0.25) is 0 Å². The van der Waals surface area contributed by atoms with E-state index in [-0.39, 0.29) is 0 Å². The van der Waals surface area contributed by atoms with Crippen LogP contribution in [-0.2, 0) is 0 Å². The van der Waals surface area contributed by atoms with Gasteiger partial charge in [0.15, 0.2) is 0 Å². The summed E-state index contributed by atoms with van der Waals surface area (Å²) in [6, 6.07) is 24.8. The summed E-state index contributed by atoms with van der Waals surface area (Å²) in [5.74, 6) is 0.887. The van der Waals surface area contributed by atoms with Crippen molar-refractivity contribution >= 4 is 39.5 Å². The highest BCUT2D eigenvalue weighted by Gasteiger charge is 2.14. The van der Waals surface area contributed by atoms with Gasteiger partial charge in [0.05, 0.1) is 7.11 Å². The lowest BCUT2D eigenvalue weighted by atomic mass is 10.3. The molecule has 0 fully saturated rings. The summed E-state index contributed by atoms with van der Waals surface area (Å²) in [5.41, 5.74) is 0. The SMILES string of the molecule is COc1ccc(Br)cc1.c1ccc2c(c1)Sc1ccccc1S2. The van der Waals surface area contributed by atoms with Crippen molar-refractivity contribution in [1.82, 2.24) is 0 Å². The number of hydrogen-bond donors (Lipinski definition) is 0. The average Bonchev–Trinajstić information content (AvgIpc) is 2.61. The highest BCUT2D eigenvalue weighted by molar-refractivity contribution is 9.10. The molecule has 0 amide bonds. The number of halogens is 1. The van der Waals surface area contributed by atoms with Crippen LogP contribution in [0.3, 0.4) is 0 Å². The second kappa shape index (κ2) is 7.95. The standard InChI is InChI=1S/C12H8S2.C7H7BrO/c1-2-6-10-9(5-1)13-11-7-3-4-8-12(11)14-10;1-9-7-4-2-6(8)3-5-7/h1-8H;2-5H,1H3. The summed E-state index contributed by atoms with van der Waals surface area (Å²) in [6.07, 6.45) is 0. The van der Waals surface area contributed by atoms with Crippen molar-refractivity contribution in [2.45, 2.75) is 19.6 Å². The number of benzene rings is 3. The van der Waals surface area contributed by atoms with Crippen molar-refractivity contribution in [3.8, 4) is 5.75 Å². The van der Waals surface area contributed by atoms with Crippen LogP contribution in [0.1, 0.15) is 0 Å². The third kappa shape index (κ3) is 4.34. The van der Waals surface area contributed by atoms with Crippen LogP contribution in [0.2, 0.25) is 0 Å². The molecule has 1 nitrogen and oxygen atoms in total. The van der Waals surface area contributed by atoms with Gasteiger partial charge in [0.1, 0.15) is 5.75 Å². The van der Waals surface area contributed by atoms with E-state index < -0.39 is 0 Å². The molecular formula is C19H15BrOS2. The molecule has 0 saturated heterocycles. The van der Waals surface area contributed by atoms with Gasteiger partial charge in [0.25, 0.3) is 0 Å². The second-order valence-electron chi connectivity index (χ2n) is 4.76. The summed E-state index contributed by atoms with van der Waals surface area (Å²) in [6.45, 7) is 0. The van der Waals surface area contributed by atoms with Gasteiger partial charge in [-0.15, -0.1) is 0 Å². The molecule has 0 unspecified atom stereocenters. The lowest BCUT2D eigenvalue weighted by Gasteiger charge is -2.17. The van der Waals surface area contributed by atoms with Crippen molar-refractivity contribution in [3.05, 3.63) is 77.3 Å². The number of methoxy groups -OCH3 is 1. The summed E-state index contributed by atoms with van der Waals surface area (Å²) in [4.78, 5) is 5.49. The van der Waals surface area contributed by atoms with E-state index in [4.69, 9.17) is 4.74 Å². The van der Waals surface area contributed by atoms with Gasteiger partial charge in [-0.1, -0.05) is 63.7 Å². The van der Waals surface area contributed by atoms with E-state index in [1.165, 1.54) is 19.6 Å². The van der Waals surface area contributed by atoms with Crippen LogP contribution in [-0.4, -0.2) is 7.11 Å². The molecule has 3 aromatic rings. The highest BCUT2D eigenvalue weighted by Crippen LogP contribution is 2.47. The molecule has 0 bridgehead atoms. The molecule has 4 rings (SSSR count). The fourth-order valence-electron chi connectivity index (χ4n) is 2.05. The lowest BCUT2D eigenvalue weighted by Crippen LogP contribution is -1.87. The Bertz CT molecular complexity index is 700. The third-order valence-corrected chi connectivity index (χ3v) is 6.28. The quantitative estimate of drug-likeness (QED) is 0.348. The molecule has 1 aliphatic heterocycles. The predicted octanol–water partition coefficient (Wildman–Crippen LogP) is 6.76. The maximum atomic E-state index is 4.95. The Morgan fingerprint density at radius 3 is 1.39 bits per heavy atom. The predicted molar refractivity (Wildman–Crippen MR) is 102 cm³/mol. The third-order valence-electron chi connectivity index (χ3n) is 3.19. The van der Waals surface area contributed by atoms with E-state index in [0.717, 1.165) is 10.2 Å². The molecule has 4 heteroatoms. The first kappa shape index (κ1) is 16.5. The van der Waals surface area contributed by atoms with E-state index in [0.29, 0.717) is 0 Å². The fraction of sp³-hybridized carbons (Fsp3) is 0.0526. The average molecular weight is 403 g/mol. The van der Waals surface area contributed by atoms with Gasteiger partial charge >= 0.3 is 0 Å². The van der Waals surface area contributed by atoms with Crippen LogP contribution in [0.4, 0.5) is 0 Å². The Kier molecular flexibility index (Phi) is 5.70. The van der Waals surface area contributed by atoms with E-state index in [9.17, 15) is 0 Å². The monoisotopic (exact) mass is 402 g/mol. The van der Waals surface area contributed by atoms with Gasteiger partial charge in [0.2, 0.25) is 0 Å². The van der Waals surface area contributed by atoms with E-state index >= 15 is 0 Å².